The molecule has 0 spiro atoms. The van der Waals surface area contributed by atoms with Crippen molar-refractivity contribution in [1.29, 1.82) is 0 Å². The van der Waals surface area contributed by atoms with Crippen molar-refractivity contribution in [2.75, 3.05) is 0 Å². The lowest BCUT2D eigenvalue weighted by molar-refractivity contribution is 0.693. The zero-order valence-electron chi connectivity index (χ0n) is 13.9. The minimum absolute atomic E-state index is 0.328. The molecule has 0 amide bonds. The monoisotopic (exact) mass is 341 g/mol. The van der Waals surface area contributed by atoms with Crippen LogP contribution in [0, 0.1) is 0 Å². The van der Waals surface area contributed by atoms with Crippen molar-refractivity contribution in [2.24, 2.45) is 0 Å². The Balaban J connectivity index is 1.87. The smallest absolute Gasteiger partial charge is 0.315 e. The molecule has 0 fully saturated rings. The first kappa shape index (κ1) is 14.7. The summed E-state index contributed by atoms with van der Waals surface area (Å²) in [7, 11) is 0. The Morgan fingerprint density at radius 1 is 0.769 bits per heavy atom. The van der Waals surface area contributed by atoms with Crippen LogP contribution in [0.5, 0.6) is 0 Å². The van der Waals surface area contributed by atoms with Crippen LogP contribution < -0.4 is 11.2 Å². The highest BCUT2D eigenvalue weighted by Crippen LogP contribution is 2.28. The predicted octanol–water partition coefficient (Wildman–Crippen LogP) is 2.82. The van der Waals surface area contributed by atoms with E-state index in [0.717, 1.165) is 16.9 Å². The van der Waals surface area contributed by atoms with Gasteiger partial charge < -0.3 is 4.57 Å². The highest BCUT2D eigenvalue weighted by Gasteiger charge is 2.21. The van der Waals surface area contributed by atoms with Gasteiger partial charge in [-0.25, -0.2) is 9.36 Å². The van der Waals surface area contributed by atoms with Gasteiger partial charge in [-0.3, -0.25) is 9.36 Å². The summed E-state index contributed by atoms with van der Waals surface area (Å²) in [6.45, 7) is 0.416. The molecule has 0 N–H and O–H groups in total. The molecule has 0 aliphatic carbocycles. The SMILES string of the molecule is O=c1cc2n(c(=O)n1-c1ccccc1)Cc1ccccc1-n1cccc1-2. The lowest BCUT2D eigenvalue weighted by atomic mass is 10.2. The molecule has 0 bridgehead atoms. The molecule has 126 valence electrons. The first-order valence-corrected chi connectivity index (χ1v) is 8.42. The van der Waals surface area contributed by atoms with Crippen LogP contribution in [0.25, 0.3) is 22.8 Å². The largest absolute Gasteiger partial charge is 0.336 e. The van der Waals surface area contributed by atoms with Crippen molar-refractivity contribution in [2.45, 2.75) is 6.54 Å². The van der Waals surface area contributed by atoms with Crippen LogP contribution in [0.1, 0.15) is 5.56 Å². The van der Waals surface area contributed by atoms with E-state index in [2.05, 4.69) is 0 Å². The number of para-hydroxylation sites is 2. The topological polar surface area (TPSA) is 48.9 Å². The first-order valence-electron chi connectivity index (χ1n) is 8.42. The highest BCUT2D eigenvalue weighted by atomic mass is 16.2. The Bertz CT molecular complexity index is 1250. The van der Waals surface area contributed by atoms with E-state index in [-0.39, 0.29) is 11.2 Å². The fraction of sp³-hybridized carbons (Fsp3) is 0.0476. The zero-order chi connectivity index (χ0) is 17.7. The van der Waals surface area contributed by atoms with E-state index in [1.54, 1.807) is 22.8 Å². The Kier molecular flexibility index (Phi) is 3.09. The van der Waals surface area contributed by atoms with Gasteiger partial charge in [0.25, 0.3) is 5.56 Å². The average molecular weight is 341 g/mol. The summed E-state index contributed by atoms with van der Waals surface area (Å²) >= 11 is 0. The fourth-order valence-electron chi connectivity index (χ4n) is 3.61. The molecular formula is C21H15N3O2. The normalized spacial score (nSPS) is 12.0. The van der Waals surface area contributed by atoms with Crippen molar-refractivity contribution in [3.63, 3.8) is 0 Å². The maximum absolute atomic E-state index is 13.2. The predicted molar refractivity (Wildman–Crippen MR) is 100 cm³/mol. The number of nitrogens with zero attached hydrogens (tertiary/aromatic N) is 3. The number of aromatic nitrogens is 3. The van der Waals surface area contributed by atoms with Crippen LogP contribution in [-0.2, 0) is 6.54 Å². The molecule has 3 heterocycles. The minimum atomic E-state index is -0.330. The van der Waals surface area contributed by atoms with Crippen LogP contribution in [0.4, 0.5) is 0 Å². The van der Waals surface area contributed by atoms with E-state index in [4.69, 9.17) is 0 Å². The van der Waals surface area contributed by atoms with E-state index in [1.165, 1.54) is 4.57 Å². The average Bonchev–Trinajstić information content (AvgIpc) is 3.10. The van der Waals surface area contributed by atoms with Gasteiger partial charge >= 0.3 is 5.69 Å². The maximum Gasteiger partial charge on any atom is 0.336 e. The van der Waals surface area contributed by atoms with Crippen molar-refractivity contribution in [3.05, 3.63) is 105 Å². The molecule has 4 aromatic rings. The fourth-order valence-corrected chi connectivity index (χ4v) is 3.61. The van der Waals surface area contributed by atoms with Gasteiger partial charge in [0.1, 0.15) is 0 Å². The van der Waals surface area contributed by atoms with E-state index in [9.17, 15) is 9.59 Å². The van der Waals surface area contributed by atoms with Crippen LogP contribution >= 0.6 is 0 Å². The Morgan fingerprint density at radius 2 is 1.54 bits per heavy atom. The van der Waals surface area contributed by atoms with E-state index >= 15 is 0 Å². The molecule has 1 aliphatic rings. The van der Waals surface area contributed by atoms with Crippen molar-refractivity contribution < 1.29 is 0 Å². The maximum atomic E-state index is 13.2. The summed E-state index contributed by atoms with van der Waals surface area (Å²) < 4.78 is 4.93. The highest BCUT2D eigenvalue weighted by molar-refractivity contribution is 5.63. The van der Waals surface area contributed by atoms with Crippen molar-refractivity contribution >= 4 is 0 Å². The standard InChI is InChI=1S/C21H15N3O2/c25-20-13-19-18-11-6-12-22(18)17-10-5-4-7-15(17)14-23(19)21(26)24(20)16-8-2-1-3-9-16/h1-13H,14H2. The van der Waals surface area contributed by atoms with Crippen LogP contribution in [-0.4, -0.2) is 13.7 Å². The summed E-state index contributed by atoms with van der Waals surface area (Å²) in [6, 6.07) is 22.4. The summed E-state index contributed by atoms with van der Waals surface area (Å²) in [5.41, 5.74) is 3.44. The van der Waals surface area contributed by atoms with E-state index < -0.39 is 0 Å². The Morgan fingerprint density at radius 3 is 2.38 bits per heavy atom. The number of fused-ring (bicyclic) bond motifs is 5. The first-order chi connectivity index (χ1) is 12.7. The van der Waals surface area contributed by atoms with Gasteiger partial charge in [0.2, 0.25) is 0 Å². The van der Waals surface area contributed by atoms with Gasteiger partial charge in [0.05, 0.1) is 29.3 Å². The molecule has 2 aromatic carbocycles. The third-order valence-electron chi connectivity index (χ3n) is 4.80. The number of hydrogen-bond donors (Lipinski definition) is 0. The Hall–Kier alpha value is -3.60. The zero-order valence-corrected chi connectivity index (χ0v) is 13.9. The third kappa shape index (κ3) is 2.04. The number of hydrogen-bond acceptors (Lipinski definition) is 2. The molecule has 2 aromatic heterocycles. The molecule has 0 saturated carbocycles. The van der Waals surface area contributed by atoms with Crippen LogP contribution in [0.15, 0.2) is 88.6 Å². The second-order valence-corrected chi connectivity index (χ2v) is 6.30. The molecule has 5 heteroatoms. The van der Waals surface area contributed by atoms with E-state index in [1.807, 2.05) is 65.4 Å². The third-order valence-corrected chi connectivity index (χ3v) is 4.80. The second-order valence-electron chi connectivity index (χ2n) is 6.30. The molecule has 26 heavy (non-hydrogen) atoms. The van der Waals surface area contributed by atoms with Gasteiger partial charge in [-0.2, -0.15) is 0 Å². The molecule has 1 aliphatic heterocycles. The lowest BCUT2D eigenvalue weighted by Gasteiger charge is -2.13. The molecule has 0 unspecified atom stereocenters. The summed E-state index contributed by atoms with van der Waals surface area (Å²) in [5, 5.41) is 0. The van der Waals surface area contributed by atoms with Crippen LogP contribution in [0.3, 0.4) is 0 Å². The quantitative estimate of drug-likeness (QED) is 0.471. The van der Waals surface area contributed by atoms with Crippen molar-refractivity contribution in [1.82, 2.24) is 13.7 Å². The Labute approximate surface area is 149 Å². The second kappa shape index (κ2) is 5.46. The van der Waals surface area contributed by atoms with Crippen LogP contribution in [0.2, 0.25) is 0 Å². The summed E-state index contributed by atoms with van der Waals surface area (Å²) in [5.74, 6) is 0. The molecular weight excluding hydrogens is 326 g/mol. The molecule has 0 saturated heterocycles. The summed E-state index contributed by atoms with van der Waals surface area (Å²) in [4.78, 5) is 26.0. The summed E-state index contributed by atoms with van der Waals surface area (Å²) in [6.07, 6.45) is 1.96. The van der Waals surface area contributed by atoms with Gasteiger partial charge in [0.15, 0.2) is 0 Å². The number of rotatable bonds is 1. The van der Waals surface area contributed by atoms with Crippen molar-refractivity contribution in [3.8, 4) is 22.8 Å². The molecule has 5 nitrogen and oxygen atoms in total. The van der Waals surface area contributed by atoms with E-state index in [0.29, 0.717) is 17.9 Å². The molecule has 5 rings (SSSR count). The van der Waals surface area contributed by atoms with Gasteiger partial charge in [-0.1, -0.05) is 36.4 Å². The number of benzene rings is 2. The molecule has 0 radical (unpaired) electrons. The van der Waals surface area contributed by atoms with Gasteiger partial charge in [-0.05, 0) is 35.9 Å². The minimum Gasteiger partial charge on any atom is -0.315 e. The van der Waals surface area contributed by atoms with Gasteiger partial charge in [-0.15, -0.1) is 0 Å². The van der Waals surface area contributed by atoms with Gasteiger partial charge in [0, 0.05) is 12.3 Å². The molecule has 0 atom stereocenters. The lowest BCUT2D eigenvalue weighted by Crippen LogP contribution is -2.39.